The molecule has 1 aliphatic heterocycles. The van der Waals surface area contributed by atoms with Gasteiger partial charge < -0.3 is 10.0 Å². The van der Waals surface area contributed by atoms with Crippen molar-refractivity contribution >= 4 is 27.5 Å². The largest absolute Gasteiger partial charge is 0.387 e. The van der Waals surface area contributed by atoms with Gasteiger partial charge in [-0.3, -0.25) is 14.2 Å². The second-order valence-corrected chi connectivity index (χ2v) is 11.9. The number of nitrogens with zero attached hydrogens (tertiary/aromatic N) is 3. The zero-order valence-electron chi connectivity index (χ0n) is 19.8. The van der Waals surface area contributed by atoms with Gasteiger partial charge in [0.25, 0.3) is 5.56 Å². The maximum Gasteiger partial charge on any atom is 0.262 e. The predicted molar refractivity (Wildman–Crippen MR) is 131 cm³/mol. The lowest BCUT2D eigenvalue weighted by Crippen LogP contribution is -2.62. The minimum atomic E-state index is -0.998. The number of piperidine rings is 1. The number of fused-ring (bicyclic) bond motifs is 1. The highest BCUT2D eigenvalue weighted by Gasteiger charge is 2.55. The van der Waals surface area contributed by atoms with Crippen LogP contribution >= 0.6 is 11.3 Å². The SMILES string of the molecule is C[C@H](CC1CCCCC1)C(=O)N1CCC(O)(Cn2cnc3sccc3c2=O)C2(CCCC2)C1. The summed E-state index contributed by atoms with van der Waals surface area (Å²) in [5, 5.41) is 14.5. The van der Waals surface area contributed by atoms with Crippen molar-refractivity contribution in [2.75, 3.05) is 13.1 Å². The van der Waals surface area contributed by atoms with Crippen molar-refractivity contribution in [1.29, 1.82) is 0 Å². The zero-order valence-corrected chi connectivity index (χ0v) is 20.6. The third kappa shape index (κ3) is 4.27. The Balaban J connectivity index is 1.33. The van der Waals surface area contributed by atoms with E-state index in [2.05, 4.69) is 11.9 Å². The van der Waals surface area contributed by atoms with Gasteiger partial charge in [-0.15, -0.1) is 11.3 Å². The summed E-state index contributed by atoms with van der Waals surface area (Å²) < 4.78 is 1.60. The second-order valence-electron chi connectivity index (χ2n) is 11.0. The van der Waals surface area contributed by atoms with Gasteiger partial charge in [-0.05, 0) is 43.0 Å². The van der Waals surface area contributed by atoms with Crippen LogP contribution in [0, 0.1) is 17.3 Å². The molecule has 1 N–H and O–H groups in total. The first-order valence-electron chi connectivity index (χ1n) is 12.8. The van der Waals surface area contributed by atoms with E-state index in [1.165, 1.54) is 43.4 Å². The molecule has 1 unspecified atom stereocenters. The minimum Gasteiger partial charge on any atom is -0.387 e. The summed E-state index contributed by atoms with van der Waals surface area (Å²) in [6.07, 6.45) is 13.5. The highest BCUT2D eigenvalue weighted by Crippen LogP contribution is 2.51. The lowest BCUT2D eigenvalue weighted by molar-refractivity contribution is -0.163. The maximum atomic E-state index is 13.4. The Labute approximate surface area is 200 Å². The summed E-state index contributed by atoms with van der Waals surface area (Å²) in [6, 6.07) is 1.82. The minimum absolute atomic E-state index is 0.0468. The van der Waals surface area contributed by atoms with Crippen molar-refractivity contribution in [2.45, 2.75) is 89.7 Å². The molecule has 0 radical (unpaired) electrons. The fourth-order valence-electron chi connectivity index (χ4n) is 6.91. The lowest BCUT2D eigenvalue weighted by atomic mass is 9.65. The zero-order chi connectivity index (χ0) is 23.1. The van der Waals surface area contributed by atoms with E-state index in [-0.39, 0.29) is 29.3 Å². The third-order valence-corrected chi connectivity index (χ3v) is 9.68. The van der Waals surface area contributed by atoms with Crippen LogP contribution in [0.1, 0.15) is 77.6 Å². The molecule has 0 aromatic carbocycles. The normalized spacial score (nSPS) is 26.8. The Hall–Kier alpha value is -1.73. The van der Waals surface area contributed by atoms with Crippen molar-refractivity contribution in [2.24, 2.45) is 17.3 Å². The molecule has 2 atom stereocenters. The van der Waals surface area contributed by atoms with E-state index >= 15 is 0 Å². The van der Waals surface area contributed by atoms with Gasteiger partial charge in [0.05, 0.1) is 23.9 Å². The Morgan fingerprint density at radius 3 is 2.73 bits per heavy atom. The van der Waals surface area contributed by atoms with Crippen molar-refractivity contribution in [1.82, 2.24) is 14.5 Å². The third-order valence-electron chi connectivity index (χ3n) is 8.86. The number of thiophene rings is 1. The van der Waals surface area contributed by atoms with E-state index in [1.807, 2.05) is 16.3 Å². The Morgan fingerprint density at radius 2 is 1.97 bits per heavy atom. The first kappa shape index (κ1) is 23.0. The van der Waals surface area contributed by atoms with Crippen molar-refractivity contribution < 1.29 is 9.90 Å². The van der Waals surface area contributed by atoms with E-state index in [4.69, 9.17) is 0 Å². The number of aliphatic hydroxyl groups is 1. The average molecular weight is 472 g/mol. The Bertz CT molecular complexity index is 1050. The topological polar surface area (TPSA) is 75.4 Å². The number of rotatable bonds is 5. The van der Waals surface area contributed by atoms with Crippen LogP contribution in [0.3, 0.4) is 0 Å². The van der Waals surface area contributed by atoms with Gasteiger partial charge in [-0.25, -0.2) is 4.98 Å². The van der Waals surface area contributed by atoms with Gasteiger partial charge in [0.15, 0.2) is 0 Å². The molecule has 3 aliphatic rings. The molecule has 1 spiro atoms. The van der Waals surface area contributed by atoms with Gasteiger partial charge in [-0.2, -0.15) is 0 Å². The van der Waals surface area contributed by atoms with Crippen molar-refractivity contribution in [3.63, 3.8) is 0 Å². The molecular formula is C26H37N3O3S. The maximum absolute atomic E-state index is 13.4. The summed E-state index contributed by atoms with van der Waals surface area (Å²) in [5.41, 5.74) is -1.42. The number of carbonyl (C=O) groups excluding carboxylic acids is 1. The van der Waals surface area contributed by atoms with Crippen molar-refractivity contribution in [3.8, 4) is 0 Å². The molecule has 2 saturated carbocycles. The number of carbonyl (C=O) groups is 1. The van der Waals surface area contributed by atoms with Gasteiger partial charge in [-0.1, -0.05) is 51.9 Å². The van der Waals surface area contributed by atoms with Gasteiger partial charge in [0.2, 0.25) is 5.91 Å². The molecule has 3 fully saturated rings. The second kappa shape index (κ2) is 9.14. The molecule has 5 rings (SSSR count). The van der Waals surface area contributed by atoms with E-state index in [1.54, 1.807) is 10.9 Å². The predicted octanol–water partition coefficient (Wildman–Crippen LogP) is 4.59. The first-order valence-corrected chi connectivity index (χ1v) is 13.7. The number of hydrogen-bond donors (Lipinski definition) is 1. The standard InChI is InChI=1S/C26H37N3O3S/c1-19(15-20-7-3-2-4-8-20)23(30)28-13-12-26(32,25(16-28)10-5-6-11-25)17-29-18-27-22-21(24(29)31)9-14-33-22/h9,14,18-20,32H,2-8,10-13,15-17H2,1H3/t19-,26?/m1/s1. The van der Waals surface area contributed by atoms with E-state index in [0.717, 1.165) is 36.9 Å². The molecule has 2 aromatic heterocycles. The molecule has 0 bridgehead atoms. The number of amides is 1. The van der Waals surface area contributed by atoms with Crippen LogP contribution in [0.2, 0.25) is 0 Å². The summed E-state index contributed by atoms with van der Waals surface area (Å²) in [6.45, 7) is 3.53. The lowest BCUT2D eigenvalue weighted by Gasteiger charge is -2.52. The number of likely N-dealkylation sites (tertiary alicyclic amines) is 1. The number of hydrogen-bond acceptors (Lipinski definition) is 5. The van der Waals surface area contributed by atoms with Crippen molar-refractivity contribution in [3.05, 3.63) is 28.1 Å². The summed E-state index contributed by atoms with van der Waals surface area (Å²) in [4.78, 5) is 33.7. The van der Waals surface area contributed by atoms with Gasteiger partial charge in [0.1, 0.15) is 4.83 Å². The first-order chi connectivity index (χ1) is 15.9. The fourth-order valence-corrected chi connectivity index (χ4v) is 7.63. The highest BCUT2D eigenvalue weighted by molar-refractivity contribution is 7.16. The smallest absolute Gasteiger partial charge is 0.262 e. The van der Waals surface area contributed by atoms with Gasteiger partial charge in [0, 0.05) is 24.4 Å². The quantitative estimate of drug-likeness (QED) is 0.692. The average Bonchev–Trinajstić information content (AvgIpc) is 3.49. The highest BCUT2D eigenvalue weighted by atomic mass is 32.1. The Morgan fingerprint density at radius 1 is 1.21 bits per heavy atom. The molecule has 180 valence electrons. The summed E-state index contributed by atoms with van der Waals surface area (Å²) in [7, 11) is 0. The molecule has 3 heterocycles. The molecule has 33 heavy (non-hydrogen) atoms. The van der Waals surface area contributed by atoms with Crippen LogP contribution < -0.4 is 5.56 Å². The fraction of sp³-hybridized carbons (Fsp3) is 0.731. The van der Waals surface area contributed by atoms with Crippen LogP contribution in [0.15, 0.2) is 22.6 Å². The molecule has 7 heteroatoms. The van der Waals surface area contributed by atoms with Crippen LogP contribution in [-0.4, -0.2) is 44.2 Å². The van der Waals surface area contributed by atoms with Crippen LogP contribution in [0.25, 0.3) is 10.2 Å². The van der Waals surface area contributed by atoms with Crippen LogP contribution in [0.4, 0.5) is 0 Å². The summed E-state index contributed by atoms with van der Waals surface area (Å²) >= 11 is 1.46. The molecule has 2 aliphatic carbocycles. The van der Waals surface area contributed by atoms with E-state index in [0.29, 0.717) is 30.8 Å². The molecule has 6 nitrogen and oxygen atoms in total. The van der Waals surface area contributed by atoms with Crippen LogP contribution in [0.5, 0.6) is 0 Å². The monoisotopic (exact) mass is 471 g/mol. The number of aromatic nitrogens is 2. The van der Waals surface area contributed by atoms with E-state index < -0.39 is 5.60 Å². The molecular weight excluding hydrogens is 434 g/mol. The van der Waals surface area contributed by atoms with Gasteiger partial charge >= 0.3 is 0 Å². The molecule has 1 amide bonds. The molecule has 2 aromatic rings. The summed E-state index contributed by atoms with van der Waals surface area (Å²) in [5.74, 6) is 0.990. The molecule has 1 saturated heterocycles. The van der Waals surface area contributed by atoms with Crippen LogP contribution in [-0.2, 0) is 11.3 Å². The Kier molecular flexibility index (Phi) is 6.38. The van der Waals surface area contributed by atoms with E-state index in [9.17, 15) is 14.7 Å².